The molecule has 2 N–H and O–H groups in total. The van der Waals surface area contributed by atoms with E-state index < -0.39 is 23.1 Å². The fraction of sp³-hybridized carbons (Fsp3) is 0.105. The van der Waals surface area contributed by atoms with Crippen molar-refractivity contribution >= 4 is 33.4 Å². The number of halogens is 4. The molecule has 0 unspecified atom stereocenters. The molecule has 29 heavy (non-hydrogen) atoms. The molecule has 6 nitrogen and oxygen atoms in total. The summed E-state index contributed by atoms with van der Waals surface area (Å²) in [6.45, 7) is 1.30. The van der Waals surface area contributed by atoms with Gasteiger partial charge in [-0.2, -0.15) is 4.98 Å². The maximum atomic E-state index is 13.8. The second-order valence-corrected chi connectivity index (χ2v) is 7.17. The number of nitrogens with two attached hydrogens (primary N) is 1. The Morgan fingerprint density at radius 1 is 1.28 bits per heavy atom. The van der Waals surface area contributed by atoms with Gasteiger partial charge in [0, 0.05) is 17.2 Å². The zero-order valence-corrected chi connectivity index (χ0v) is 17.2. The van der Waals surface area contributed by atoms with Crippen LogP contribution in [0.4, 0.5) is 8.78 Å². The van der Waals surface area contributed by atoms with Crippen molar-refractivity contribution in [2.75, 3.05) is 0 Å². The molecule has 0 saturated heterocycles. The van der Waals surface area contributed by atoms with Crippen molar-refractivity contribution in [1.29, 1.82) is 0 Å². The summed E-state index contributed by atoms with van der Waals surface area (Å²) in [6, 6.07) is 7.34. The molecule has 0 aliphatic carbocycles. The Labute approximate surface area is 177 Å². The minimum absolute atomic E-state index is 0.0133. The monoisotopic (exact) mass is 483 g/mol. The van der Waals surface area contributed by atoms with Crippen LogP contribution in [0.5, 0.6) is 5.88 Å². The smallest absolute Gasteiger partial charge is 0.276 e. The zero-order valence-electron chi connectivity index (χ0n) is 14.9. The van der Waals surface area contributed by atoms with E-state index in [2.05, 4.69) is 20.9 Å². The highest BCUT2D eigenvalue weighted by atomic mass is 79.9. The van der Waals surface area contributed by atoms with E-state index >= 15 is 0 Å². The highest BCUT2D eigenvalue weighted by Crippen LogP contribution is 2.26. The van der Waals surface area contributed by atoms with Crippen molar-refractivity contribution in [3.05, 3.63) is 84.8 Å². The summed E-state index contributed by atoms with van der Waals surface area (Å²) in [4.78, 5) is 28.3. The summed E-state index contributed by atoms with van der Waals surface area (Å²) in [5.74, 6) is -1.95. The van der Waals surface area contributed by atoms with Crippen LogP contribution in [-0.2, 0) is 6.61 Å². The van der Waals surface area contributed by atoms with Crippen LogP contribution >= 0.6 is 27.5 Å². The van der Waals surface area contributed by atoms with Gasteiger partial charge in [-0.05, 0) is 53.2 Å². The third-order valence-electron chi connectivity index (χ3n) is 4.02. The zero-order chi connectivity index (χ0) is 21.3. The molecule has 3 aromatic rings. The highest BCUT2D eigenvalue weighted by molar-refractivity contribution is 9.10. The number of rotatable bonds is 5. The molecule has 0 radical (unpaired) electrons. The average molecular weight is 485 g/mol. The van der Waals surface area contributed by atoms with E-state index in [9.17, 15) is 18.4 Å². The van der Waals surface area contributed by atoms with Gasteiger partial charge in [-0.25, -0.2) is 8.78 Å². The van der Waals surface area contributed by atoms with Gasteiger partial charge in [0.25, 0.3) is 5.56 Å². The van der Waals surface area contributed by atoms with Crippen molar-refractivity contribution in [1.82, 2.24) is 9.55 Å². The number of amides is 1. The summed E-state index contributed by atoms with van der Waals surface area (Å²) < 4.78 is 33.4. The Morgan fingerprint density at radius 2 is 2.00 bits per heavy atom. The van der Waals surface area contributed by atoms with E-state index in [1.807, 2.05) is 0 Å². The van der Waals surface area contributed by atoms with Gasteiger partial charge in [-0.3, -0.25) is 14.2 Å². The number of nitrogens with zero attached hydrogens (tertiary/aromatic N) is 2. The number of carbonyl (C=O) groups is 1. The lowest BCUT2D eigenvalue weighted by molar-refractivity contribution is 0.100. The Hall–Kier alpha value is -2.78. The molecule has 0 aliphatic heterocycles. The summed E-state index contributed by atoms with van der Waals surface area (Å²) in [5, 5.41) is 0.127. The summed E-state index contributed by atoms with van der Waals surface area (Å²) in [7, 11) is 0. The third-order valence-corrected chi connectivity index (χ3v) is 5.00. The first kappa shape index (κ1) is 20.9. The highest BCUT2D eigenvalue weighted by Gasteiger charge is 2.18. The van der Waals surface area contributed by atoms with E-state index in [1.54, 1.807) is 6.92 Å². The number of aromatic nitrogens is 2. The second kappa shape index (κ2) is 8.30. The Balaban J connectivity index is 1.96. The summed E-state index contributed by atoms with van der Waals surface area (Å²) in [6.07, 6.45) is 0. The van der Waals surface area contributed by atoms with Gasteiger partial charge in [-0.15, -0.1) is 0 Å². The van der Waals surface area contributed by atoms with Crippen LogP contribution in [-0.4, -0.2) is 15.5 Å². The van der Waals surface area contributed by atoms with E-state index in [0.29, 0.717) is 5.69 Å². The normalized spacial score (nSPS) is 10.8. The Kier molecular flexibility index (Phi) is 5.99. The van der Waals surface area contributed by atoms with Crippen molar-refractivity contribution in [3.63, 3.8) is 0 Å². The van der Waals surface area contributed by atoms with E-state index in [4.69, 9.17) is 22.1 Å². The van der Waals surface area contributed by atoms with Gasteiger partial charge in [0.2, 0.25) is 11.8 Å². The predicted octanol–water partition coefficient (Wildman–Crippen LogP) is 3.91. The molecule has 2 aromatic carbocycles. The second-order valence-electron chi connectivity index (χ2n) is 5.97. The van der Waals surface area contributed by atoms with Crippen molar-refractivity contribution in [2.24, 2.45) is 5.73 Å². The molecule has 0 aliphatic rings. The van der Waals surface area contributed by atoms with Gasteiger partial charge < -0.3 is 10.5 Å². The standard InChI is InChI=1S/C19H13BrClF2N3O3/c1-9-25-18(29-8-11-2-4-12(22)7-14(11)23)16(20)19(28)26(9)15-5-3-10(17(24)27)6-13(15)21/h2-7H,8H2,1H3,(H2,24,27). The number of carbonyl (C=O) groups excluding carboxylic acids is 1. The van der Waals surface area contributed by atoms with Crippen molar-refractivity contribution in [2.45, 2.75) is 13.5 Å². The maximum absolute atomic E-state index is 13.8. The van der Waals surface area contributed by atoms with Crippen LogP contribution < -0.4 is 16.0 Å². The lowest BCUT2D eigenvalue weighted by atomic mass is 10.2. The first-order valence-electron chi connectivity index (χ1n) is 8.14. The topological polar surface area (TPSA) is 87.2 Å². The fourth-order valence-electron chi connectivity index (χ4n) is 2.59. The molecule has 3 rings (SSSR count). The quantitative estimate of drug-likeness (QED) is 0.595. The van der Waals surface area contributed by atoms with Gasteiger partial charge >= 0.3 is 0 Å². The molecule has 1 heterocycles. The molecule has 0 fully saturated rings. The maximum Gasteiger partial charge on any atom is 0.276 e. The number of aryl methyl sites for hydroxylation is 1. The number of hydrogen-bond donors (Lipinski definition) is 1. The SMILES string of the molecule is Cc1nc(OCc2ccc(F)cc2F)c(Br)c(=O)n1-c1ccc(C(N)=O)cc1Cl. The van der Waals surface area contributed by atoms with Crippen molar-refractivity contribution < 1.29 is 18.3 Å². The van der Waals surface area contributed by atoms with Gasteiger partial charge in [0.05, 0.1) is 10.7 Å². The van der Waals surface area contributed by atoms with Crippen LogP contribution in [0.3, 0.4) is 0 Å². The van der Waals surface area contributed by atoms with Crippen LogP contribution in [0.25, 0.3) is 5.69 Å². The van der Waals surface area contributed by atoms with E-state index in [0.717, 1.165) is 12.1 Å². The van der Waals surface area contributed by atoms with Gasteiger partial charge in [0.1, 0.15) is 28.5 Å². The number of primary amides is 1. The minimum atomic E-state index is -0.771. The third kappa shape index (κ3) is 4.30. The van der Waals surface area contributed by atoms with Gasteiger partial charge in [0.15, 0.2) is 0 Å². The van der Waals surface area contributed by atoms with Gasteiger partial charge in [-0.1, -0.05) is 11.6 Å². The minimum Gasteiger partial charge on any atom is -0.472 e. The molecule has 0 bridgehead atoms. The van der Waals surface area contributed by atoms with Crippen molar-refractivity contribution in [3.8, 4) is 11.6 Å². The molecular formula is C19H13BrClF2N3O3. The van der Waals surface area contributed by atoms with Crippen LogP contribution in [0.15, 0.2) is 45.7 Å². The van der Waals surface area contributed by atoms with Crippen LogP contribution in [0.1, 0.15) is 21.7 Å². The molecule has 0 atom stereocenters. The average Bonchev–Trinajstić information content (AvgIpc) is 2.65. The molecule has 150 valence electrons. The first-order chi connectivity index (χ1) is 13.7. The molecule has 10 heteroatoms. The molecule has 1 amide bonds. The Bertz CT molecular complexity index is 1180. The lowest BCUT2D eigenvalue weighted by Crippen LogP contribution is -2.24. The summed E-state index contributed by atoms with van der Waals surface area (Å²) >= 11 is 9.34. The molecule has 0 saturated carbocycles. The number of ether oxygens (including phenoxy) is 1. The van der Waals surface area contributed by atoms with E-state index in [-0.39, 0.29) is 38.9 Å². The molecule has 0 spiro atoms. The van der Waals surface area contributed by atoms with Crippen LogP contribution in [0.2, 0.25) is 5.02 Å². The fourth-order valence-corrected chi connectivity index (χ4v) is 3.23. The molecule has 1 aromatic heterocycles. The first-order valence-corrected chi connectivity index (χ1v) is 9.31. The summed E-state index contributed by atoms with van der Waals surface area (Å²) in [5.41, 5.74) is 5.29. The predicted molar refractivity (Wildman–Crippen MR) is 106 cm³/mol. The Morgan fingerprint density at radius 3 is 2.62 bits per heavy atom. The van der Waals surface area contributed by atoms with E-state index in [1.165, 1.54) is 28.8 Å². The van der Waals surface area contributed by atoms with Crippen LogP contribution in [0, 0.1) is 18.6 Å². The number of hydrogen-bond acceptors (Lipinski definition) is 4. The largest absolute Gasteiger partial charge is 0.472 e. The lowest BCUT2D eigenvalue weighted by Gasteiger charge is -2.15. The number of benzene rings is 2. The molecular weight excluding hydrogens is 472 g/mol.